The van der Waals surface area contributed by atoms with Gasteiger partial charge < -0.3 is 14.1 Å². The van der Waals surface area contributed by atoms with Crippen molar-refractivity contribution in [3.8, 4) is 22.9 Å². The largest absolute Gasteiger partial charge is 0.416 e. The highest BCUT2D eigenvalue weighted by molar-refractivity contribution is 5.94. The maximum Gasteiger partial charge on any atom is 0.254 e. The molecule has 0 aliphatic carbocycles. The number of rotatable bonds is 7. The number of hydrogen-bond acceptors (Lipinski definition) is 5. The van der Waals surface area contributed by atoms with Crippen LogP contribution in [-0.4, -0.2) is 40.3 Å². The summed E-state index contributed by atoms with van der Waals surface area (Å²) in [7, 11) is 0. The topological polar surface area (TPSA) is 68.5 Å². The van der Waals surface area contributed by atoms with Gasteiger partial charge in [-0.2, -0.15) is 0 Å². The van der Waals surface area contributed by atoms with Crippen molar-refractivity contribution in [3.05, 3.63) is 95.3 Å². The Morgan fingerprint density at radius 2 is 1.77 bits per heavy atom. The van der Waals surface area contributed by atoms with Gasteiger partial charge in [0.05, 0.1) is 6.10 Å². The summed E-state index contributed by atoms with van der Waals surface area (Å²) in [5.74, 6) is 0.376. The van der Waals surface area contributed by atoms with Gasteiger partial charge in [0.1, 0.15) is 5.82 Å². The molecule has 1 aromatic heterocycles. The van der Waals surface area contributed by atoms with Crippen molar-refractivity contribution in [3.63, 3.8) is 0 Å². The molecule has 1 saturated heterocycles. The number of halogens is 1. The summed E-state index contributed by atoms with van der Waals surface area (Å²) in [5.41, 5.74) is 3.96. The van der Waals surface area contributed by atoms with Crippen molar-refractivity contribution in [1.29, 1.82) is 0 Å². The van der Waals surface area contributed by atoms with Crippen LogP contribution in [0.2, 0.25) is 0 Å². The Hall–Kier alpha value is -3.84. The van der Waals surface area contributed by atoms with Gasteiger partial charge in [0.2, 0.25) is 11.8 Å². The molecule has 7 heteroatoms. The second kappa shape index (κ2) is 10.2. The molecule has 0 saturated carbocycles. The lowest BCUT2D eigenvalue weighted by Crippen LogP contribution is -2.37. The molecule has 0 spiro atoms. The Bertz CT molecular complexity index is 1310. The van der Waals surface area contributed by atoms with Crippen LogP contribution in [0.3, 0.4) is 0 Å². The number of ether oxygens (including phenoxy) is 1. The number of aromatic nitrogens is 2. The SMILES string of the molecule is Cc1cccc(-c2nnc(-c3ccc(C(=O)N(Cc4cccc(F)c4)CC4CCCO4)cc3)o2)c1. The average molecular weight is 472 g/mol. The third-order valence-corrected chi connectivity index (χ3v) is 6.07. The minimum Gasteiger partial charge on any atom is -0.416 e. The third-order valence-electron chi connectivity index (χ3n) is 6.07. The molecule has 1 aliphatic rings. The van der Waals surface area contributed by atoms with Crippen molar-refractivity contribution < 1.29 is 18.3 Å². The zero-order chi connectivity index (χ0) is 24.2. The minimum atomic E-state index is -0.319. The molecule has 0 radical (unpaired) electrons. The van der Waals surface area contributed by atoms with Crippen LogP contribution in [-0.2, 0) is 11.3 Å². The van der Waals surface area contributed by atoms with E-state index in [9.17, 15) is 9.18 Å². The zero-order valence-electron chi connectivity index (χ0n) is 19.5. The molecular weight excluding hydrogens is 445 g/mol. The lowest BCUT2D eigenvalue weighted by molar-refractivity contribution is 0.0507. The Morgan fingerprint density at radius 1 is 1.00 bits per heavy atom. The van der Waals surface area contributed by atoms with Gasteiger partial charge in [-0.15, -0.1) is 10.2 Å². The van der Waals surface area contributed by atoms with Gasteiger partial charge in [-0.1, -0.05) is 29.8 Å². The van der Waals surface area contributed by atoms with Crippen molar-refractivity contribution >= 4 is 5.91 Å². The summed E-state index contributed by atoms with van der Waals surface area (Å²) in [6.07, 6.45) is 1.88. The van der Waals surface area contributed by atoms with E-state index in [1.54, 1.807) is 35.2 Å². The first-order valence-electron chi connectivity index (χ1n) is 11.7. The van der Waals surface area contributed by atoms with Gasteiger partial charge in [-0.05, 0) is 73.9 Å². The molecule has 0 N–H and O–H groups in total. The molecule has 5 rings (SSSR count). The number of aryl methyl sites for hydroxylation is 1. The average Bonchev–Trinajstić information content (AvgIpc) is 3.56. The summed E-state index contributed by atoms with van der Waals surface area (Å²) < 4.78 is 25.4. The highest BCUT2D eigenvalue weighted by atomic mass is 19.1. The summed E-state index contributed by atoms with van der Waals surface area (Å²) in [4.78, 5) is 15.1. The van der Waals surface area contributed by atoms with Gasteiger partial charge in [-0.3, -0.25) is 4.79 Å². The molecule has 1 unspecified atom stereocenters. The van der Waals surface area contributed by atoms with Crippen LogP contribution in [0.4, 0.5) is 4.39 Å². The fraction of sp³-hybridized carbons (Fsp3) is 0.250. The predicted molar refractivity (Wildman–Crippen MR) is 130 cm³/mol. The molecular formula is C28H26FN3O3. The van der Waals surface area contributed by atoms with Gasteiger partial charge in [0.25, 0.3) is 5.91 Å². The molecule has 2 heterocycles. The first-order valence-corrected chi connectivity index (χ1v) is 11.7. The number of carbonyl (C=O) groups is 1. The van der Waals surface area contributed by atoms with E-state index in [0.29, 0.717) is 37.0 Å². The normalized spacial score (nSPS) is 15.3. The van der Waals surface area contributed by atoms with E-state index < -0.39 is 0 Å². The molecule has 0 bridgehead atoms. The van der Waals surface area contributed by atoms with Gasteiger partial charge in [-0.25, -0.2) is 4.39 Å². The molecule has 4 aromatic rings. The Kier molecular flexibility index (Phi) is 6.68. The monoisotopic (exact) mass is 471 g/mol. The number of hydrogen-bond donors (Lipinski definition) is 0. The summed E-state index contributed by atoms with van der Waals surface area (Å²) >= 11 is 0. The lowest BCUT2D eigenvalue weighted by atomic mass is 10.1. The van der Waals surface area contributed by atoms with Crippen LogP contribution in [0, 0.1) is 12.7 Å². The maximum atomic E-state index is 13.7. The molecule has 6 nitrogen and oxygen atoms in total. The van der Waals surface area contributed by atoms with E-state index in [0.717, 1.165) is 35.1 Å². The Balaban J connectivity index is 1.34. The van der Waals surface area contributed by atoms with Crippen molar-refractivity contribution in [2.75, 3.05) is 13.2 Å². The van der Waals surface area contributed by atoms with E-state index in [2.05, 4.69) is 10.2 Å². The maximum absolute atomic E-state index is 13.7. The number of benzene rings is 3. The van der Waals surface area contributed by atoms with E-state index in [1.165, 1.54) is 12.1 Å². The quantitative estimate of drug-likeness (QED) is 0.347. The molecule has 1 amide bonds. The summed E-state index contributed by atoms with van der Waals surface area (Å²) in [6.45, 7) is 3.48. The zero-order valence-corrected chi connectivity index (χ0v) is 19.5. The number of nitrogens with zero attached hydrogens (tertiary/aromatic N) is 3. The Labute approximate surface area is 203 Å². The van der Waals surface area contributed by atoms with Crippen molar-refractivity contribution in [2.45, 2.75) is 32.4 Å². The third kappa shape index (κ3) is 5.46. The molecule has 1 fully saturated rings. The number of amides is 1. The van der Waals surface area contributed by atoms with E-state index >= 15 is 0 Å². The van der Waals surface area contributed by atoms with Crippen LogP contribution in [0.5, 0.6) is 0 Å². The van der Waals surface area contributed by atoms with E-state index in [1.807, 2.05) is 37.3 Å². The highest BCUT2D eigenvalue weighted by Gasteiger charge is 2.24. The number of carbonyl (C=O) groups excluding carboxylic acids is 1. The second-order valence-electron chi connectivity index (χ2n) is 8.81. The Morgan fingerprint density at radius 3 is 2.49 bits per heavy atom. The molecule has 3 aromatic carbocycles. The van der Waals surface area contributed by atoms with Crippen LogP contribution in [0.15, 0.2) is 77.2 Å². The molecule has 178 valence electrons. The molecule has 1 aliphatic heterocycles. The lowest BCUT2D eigenvalue weighted by Gasteiger charge is -2.26. The van der Waals surface area contributed by atoms with Crippen LogP contribution < -0.4 is 0 Å². The van der Waals surface area contributed by atoms with Crippen LogP contribution in [0.1, 0.15) is 34.3 Å². The molecule has 1 atom stereocenters. The first-order chi connectivity index (χ1) is 17.0. The minimum absolute atomic E-state index is 0.00906. The fourth-order valence-corrected chi connectivity index (χ4v) is 4.28. The van der Waals surface area contributed by atoms with Crippen molar-refractivity contribution in [2.24, 2.45) is 0 Å². The summed E-state index contributed by atoms with van der Waals surface area (Å²) in [6, 6.07) is 21.3. The van der Waals surface area contributed by atoms with E-state index in [4.69, 9.17) is 9.15 Å². The van der Waals surface area contributed by atoms with Gasteiger partial charge in [0, 0.05) is 36.4 Å². The fourth-order valence-electron chi connectivity index (χ4n) is 4.28. The predicted octanol–water partition coefficient (Wildman–Crippen LogP) is 5.67. The van der Waals surface area contributed by atoms with E-state index in [-0.39, 0.29) is 17.8 Å². The standard InChI is InChI=1S/C28H26FN3O3/c1-19-5-2-7-23(15-19)27-31-30-26(35-27)21-10-12-22(13-11-21)28(33)32(18-25-9-4-14-34-25)17-20-6-3-8-24(29)16-20/h2-3,5-8,10-13,15-16,25H,4,9,14,17-18H2,1H3. The first kappa shape index (κ1) is 22.9. The highest BCUT2D eigenvalue weighted by Crippen LogP contribution is 2.25. The smallest absolute Gasteiger partial charge is 0.254 e. The van der Waals surface area contributed by atoms with Crippen molar-refractivity contribution in [1.82, 2.24) is 15.1 Å². The summed E-state index contributed by atoms with van der Waals surface area (Å²) in [5, 5.41) is 8.34. The second-order valence-corrected chi connectivity index (χ2v) is 8.81. The van der Waals surface area contributed by atoms with Crippen LogP contribution >= 0.6 is 0 Å². The van der Waals surface area contributed by atoms with Gasteiger partial charge in [0.15, 0.2) is 0 Å². The van der Waals surface area contributed by atoms with Gasteiger partial charge >= 0.3 is 0 Å². The van der Waals surface area contributed by atoms with Crippen LogP contribution in [0.25, 0.3) is 22.9 Å². The molecule has 35 heavy (non-hydrogen) atoms.